The molecule has 1 heterocycles. The quantitative estimate of drug-likeness (QED) is 0.736. The van der Waals surface area contributed by atoms with E-state index >= 15 is 0 Å². The van der Waals surface area contributed by atoms with E-state index in [1.165, 1.54) is 6.42 Å². The number of rotatable bonds is 2. The summed E-state index contributed by atoms with van der Waals surface area (Å²) in [6.45, 7) is 12.7. The number of likely N-dealkylation sites (N-methyl/N-ethyl adjacent to an activating group) is 2. The largest absolute Gasteiger partial charge is 0.373 e. The fraction of sp³-hybridized carbons (Fsp3) is 0.846. The maximum absolute atomic E-state index is 5.28. The normalized spacial score (nSPS) is 21.8. The molecule has 0 saturated carbocycles. The van der Waals surface area contributed by atoms with Crippen LogP contribution in [-0.2, 0) is 0 Å². The van der Waals surface area contributed by atoms with Crippen molar-refractivity contribution < 1.29 is 0 Å². The second-order valence-corrected chi connectivity index (χ2v) is 5.55. The maximum atomic E-state index is 5.28. The van der Waals surface area contributed by atoms with E-state index in [0.29, 0.717) is 9.98 Å². The molecule has 0 aromatic heterocycles. The van der Waals surface area contributed by atoms with Gasteiger partial charge in [0.15, 0.2) is 0 Å². The highest BCUT2D eigenvalue weighted by molar-refractivity contribution is 7.89. The monoisotopic (exact) mass is 302 g/mol. The highest BCUT2D eigenvalue weighted by Crippen LogP contribution is 1.96. The first-order valence-corrected chi connectivity index (χ1v) is 7.99. The van der Waals surface area contributed by atoms with Crippen LogP contribution in [0, 0.1) is 0 Å². The Morgan fingerprint density at radius 1 is 0.842 bits per heavy atom. The Hall–Kier alpha value is -0.300. The van der Waals surface area contributed by atoms with E-state index < -0.39 is 0 Å². The number of nitrogens with one attached hydrogen (secondary N) is 2. The van der Waals surface area contributed by atoms with Crippen molar-refractivity contribution in [3.8, 4) is 0 Å². The molecule has 4 nitrogen and oxygen atoms in total. The van der Waals surface area contributed by atoms with Crippen LogP contribution in [0.5, 0.6) is 0 Å². The van der Waals surface area contributed by atoms with Crippen molar-refractivity contribution in [3.63, 3.8) is 0 Å². The molecule has 2 N–H and O–H groups in total. The highest BCUT2D eigenvalue weighted by Gasteiger charge is 2.09. The van der Waals surface area contributed by atoms with Crippen molar-refractivity contribution in [1.82, 2.24) is 20.4 Å². The Morgan fingerprint density at radius 2 is 1.26 bits per heavy atom. The van der Waals surface area contributed by atoms with Gasteiger partial charge in [0.25, 0.3) is 0 Å². The lowest BCUT2D eigenvalue weighted by atomic mass is 10.3. The number of thiocarbonyl (C=S) groups is 2. The van der Waals surface area contributed by atoms with E-state index in [2.05, 4.69) is 34.3 Å². The van der Waals surface area contributed by atoms with Gasteiger partial charge in [-0.15, -0.1) is 0 Å². The summed E-state index contributed by atoms with van der Waals surface area (Å²) in [7, 11) is 0. The van der Waals surface area contributed by atoms with Gasteiger partial charge in [-0.3, -0.25) is 0 Å². The molecule has 0 amide bonds. The van der Waals surface area contributed by atoms with Crippen molar-refractivity contribution in [2.24, 2.45) is 0 Å². The fourth-order valence-electron chi connectivity index (χ4n) is 2.19. The van der Waals surface area contributed by atoms with E-state index in [1.807, 2.05) is 0 Å². The summed E-state index contributed by atoms with van der Waals surface area (Å²) >= 11 is 10.6. The molecule has 0 unspecified atom stereocenters. The average Bonchev–Trinajstić information content (AvgIpc) is 2.43. The van der Waals surface area contributed by atoms with Gasteiger partial charge >= 0.3 is 0 Å². The van der Waals surface area contributed by atoms with Crippen LogP contribution in [0.3, 0.4) is 0 Å². The molecule has 0 radical (unpaired) electrons. The third kappa shape index (κ3) is 6.61. The highest BCUT2D eigenvalue weighted by atomic mass is 32.1. The van der Waals surface area contributed by atoms with Gasteiger partial charge in [0, 0.05) is 26.2 Å². The van der Waals surface area contributed by atoms with E-state index in [-0.39, 0.29) is 0 Å². The van der Waals surface area contributed by atoms with Crippen molar-refractivity contribution in [2.75, 3.05) is 52.4 Å². The lowest BCUT2D eigenvalue weighted by Gasteiger charge is -2.23. The first-order chi connectivity index (χ1) is 9.17. The average molecular weight is 303 g/mol. The van der Waals surface area contributed by atoms with Crippen LogP contribution in [0.25, 0.3) is 0 Å². The Balaban J connectivity index is 2.54. The standard InChI is InChI=1S/C13H26N4S2/c1-3-16-8-5-9-17(4-2)11-7-15-13(19)12(18)14-6-10-16/h3-11H2,1-2H3,(H,14,18)(H,15,19). The molecule has 1 fully saturated rings. The SMILES string of the molecule is CCN1CCCN(CC)CCNC(=S)C(=S)NCC1. The van der Waals surface area contributed by atoms with Gasteiger partial charge in [0.1, 0.15) is 9.98 Å². The van der Waals surface area contributed by atoms with Crippen molar-refractivity contribution in [1.29, 1.82) is 0 Å². The van der Waals surface area contributed by atoms with Crippen LogP contribution in [0.15, 0.2) is 0 Å². The molecule has 0 aliphatic carbocycles. The Bertz CT molecular complexity index is 268. The topological polar surface area (TPSA) is 30.5 Å². The van der Waals surface area contributed by atoms with E-state index in [4.69, 9.17) is 24.4 Å². The van der Waals surface area contributed by atoms with Crippen LogP contribution in [0.4, 0.5) is 0 Å². The smallest absolute Gasteiger partial charge is 0.134 e. The van der Waals surface area contributed by atoms with Gasteiger partial charge in [-0.1, -0.05) is 38.3 Å². The minimum Gasteiger partial charge on any atom is -0.373 e. The van der Waals surface area contributed by atoms with E-state index in [1.54, 1.807) is 0 Å². The van der Waals surface area contributed by atoms with E-state index in [9.17, 15) is 0 Å². The molecular formula is C13H26N4S2. The third-order valence-electron chi connectivity index (χ3n) is 3.48. The molecule has 0 spiro atoms. The zero-order valence-electron chi connectivity index (χ0n) is 12.1. The summed E-state index contributed by atoms with van der Waals surface area (Å²) in [4.78, 5) is 6.26. The summed E-state index contributed by atoms with van der Waals surface area (Å²) < 4.78 is 0. The van der Waals surface area contributed by atoms with Gasteiger partial charge in [-0.25, -0.2) is 0 Å². The summed E-state index contributed by atoms with van der Waals surface area (Å²) in [5.74, 6) is 0. The molecule has 0 atom stereocenters. The van der Waals surface area contributed by atoms with Gasteiger partial charge in [-0.2, -0.15) is 0 Å². The molecular weight excluding hydrogens is 276 g/mol. The summed E-state index contributed by atoms with van der Waals surface area (Å²) in [6, 6.07) is 0. The van der Waals surface area contributed by atoms with Crippen molar-refractivity contribution in [2.45, 2.75) is 20.3 Å². The summed E-state index contributed by atoms with van der Waals surface area (Å²) in [5, 5.41) is 6.47. The molecule has 1 rings (SSSR count). The van der Waals surface area contributed by atoms with Gasteiger partial charge in [-0.05, 0) is 32.6 Å². The molecule has 1 saturated heterocycles. The van der Waals surface area contributed by atoms with Gasteiger partial charge < -0.3 is 20.4 Å². The van der Waals surface area contributed by atoms with Gasteiger partial charge in [0.2, 0.25) is 0 Å². The first-order valence-electron chi connectivity index (χ1n) is 7.18. The molecule has 0 bridgehead atoms. The lowest BCUT2D eigenvalue weighted by molar-refractivity contribution is 0.242. The maximum Gasteiger partial charge on any atom is 0.134 e. The summed E-state index contributed by atoms with van der Waals surface area (Å²) in [6.07, 6.45) is 1.22. The second-order valence-electron chi connectivity index (χ2n) is 4.73. The summed E-state index contributed by atoms with van der Waals surface area (Å²) in [5.41, 5.74) is 0. The molecule has 0 aromatic carbocycles. The Kier molecular flexibility index (Phi) is 8.45. The third-order valence-corrected chi connectivity index (χ3v) is 4.30. The predicted octanol–water partition coefficient (Wildman–Crippen LogP) is 0.868. The van der Waals surface area contributed by atoms with Crippen LogP contribution < -0.4 is 10.6 Å². The first kappa shape index (κ1) is 16.8. The fourth-order valence-corrected chi connectivity index (χ4v) is 2.54. The number of hydrogen-bond acceptors (Lipinski definition) is 4. The molecule has 1 aliphatic heterocycles. The molecule has 19 heavy (non-hydrogen) atoms. The van der Waals surface area contributed by atoms with Gasteiger partial charge in [0.05, 0.1) is 0 Å². The minimum absolute atomic E-state index is 0.674. The van der Waals surface area contributed by atoms with Crippen LogP contribution in [-0.4, -0.2) is 72.1 Å². The lowest BCUT2D eigenvalue weighted by Crippen LogP contribution is -2.42. The molecule has 110 valence electrons. The second kappa shape index (κ2) is 9.58. The van der Waals surface area contributed by atoms with Crippen LogP contribution in [0.2, 0.25) is 0 Å². The zero-order chi connectivity index (χ0) is 14.1. The number of nitrogens with zero attached hydrogens (tertiary/aromatic N) is 2. The van der Waals surface area contributed by atoms with Crippen LogP contribution in [0.1, 0.15) is 20.3 Å². The Morgan fingerprint density at radius 3 is 1.63 bits per heavy atom. The van der Waals surface area contributed by atoms with Crippen molar-refractivity contribution >= 4 is 34.4 Å². The Labute approximate surface area is 127 Å². The minimum atomic E-state index is 0.674. The molecule has 0 aromatic rings. The molecule has 1 aliphatic rings. The molecule has 6 heteroatoms. The van der Waals surface area contributed by atoms with Crippen LogP contribution >= 0.6 is 24.4 Å². The van der Waals surface area contributed by atoms with E-state index in [0.717, 1.165) is 52.4 Å². The van der Waals surface area contributed by atoms with Crippen molar-refractivity contribution in [3.05, 3.63) is 0 Å². The number of hydrogen-bond donors (Lipinski definition) is 2. The zero-order valence-corrected chi connectivity index (χ0v) is 13.7. The predicted molar refractivity (Wildman–Crippen MR) is 90.0 cm³/mol.